The lowest BCUT2D eigenvalue weighted by atomic mass is 10.1. The van der Waals surface area contributed by atoms with Crippen LogP contribution in [0.4, 0.5) is 10.1 Å². The second-order valence-corrected chi connectivity index (χ2v) is 12.8. The zero-order chi connectivity index (χ0) is 22.4. The van der Waals surface area contributed by atoms with E-state index in [1.807, 2.05) is 30.0 Å². The van der Waals surface area contributed by atoms with Crippen molar-refractivity contribution in [3.05, 3.63) is 59.4 Å². The highest BCUT2D eigenvalue weighted by Gasteiger charge is 2.48. The molecule has 2 saturated heterocycles. The summed E-state index contributed by atoms with van der Waals surface area (Å²) in [6.45, 7) is 6.10. The molecule has 0 amide bonds. The molecule has 2 aromatic carbocycles. The van der Waals surface area contributed by atoms with Gasteiger partial charge in [0.15, 0.2) is 19.7 Å². The second-order valence-electron chi connectivity index (χ2n) is 8.50. The molecule has 0 aromatic heterocycles. The van der Waals surface area contributed by atoms with E-state index in [2.05, 4.69) is 11.0 Å². The SMILES string of the molecule is Cc1cccc(N2CCN([C@@H]3CS(=O)(=O)C[C@H]3S(=O)(=O)c3ccc(F)c(C)c3)CC2)c1. The number of hydrogen-bond acceptors (Lipinski definition) is 6. The molecule has 0 aliphatic carbocycles. The standard InChI is InChI=1S/C22H27FN2O4S2/c1-16-4-3-5-18(12-16)24-8-10-25(11-9-24)21-14-30(26,27)15-22(21)31(28,29)19-6-7-20(23)17(2)13-19/h3-7,12-13,21-22H,8-11,14-15H2,1-2H3/t21-,22-/m1/s1. The fourth-order valence-corrected chi connectivity index (χ4v) is 9.45. The third-order valence-electron chi connectivity index (χ3n) is 6.28. The number of nitrogens with zero attached hydrogens (tertiary/aromatic N) is 2. The Morgan fingerprint density at radius 2 is 1.68 bits per heavy atom. The van der Waals surface area contributed by atoms with Crippen LogP contribution in [0.1, 0.15) is 11.1 Å². The van der Waals surface area contributed by atoms with Gasteiger partial charge in [-0.25, -0.2) is 21.2 Å². The third-order valence-corrected chi connectivity index (χ3v) is 10.4. The number of sulfone groups is 2. The maximum atomic E-state index is 13.7. The van der Waals surface area contributed by atoms with E-state index in [-0.39, 0.29) is 16.2 Å². The van der Waals surface area contributed by atoms with Crippen molar-refractivity contribution in [1.29, 1.82) is 0 Å². The molecule has 6 nitrogen and oxygen atoms in total. The highest BCUT2D eigenvalue weighted by Crippen LogP contribution is 2.31. The molecule has 0 radical (unpaired) electrons. The van der Waals surface area contributed by atoms with Gasteiger partial charge < -0.3 is 4.90 Å². The average Bonchev–Trinajstić information content (AvgIpc) is 3.06. The van der Waals surface area contributed by atoms with Crippen molar-refractivity contribution in [1.82, 2.24) is 4.90 Å². The Kier molecular flexibility index (Phi) is 5.87. The van der Waals surface area contributed by atoms with E-state index in [1.54, 1.807) is 0 Å². The molecular formula is C22H27FN2O4S2. The van der Waals surface area contributed by atoms with Crippen LogP contribution in [0.3, 0.4) is 0 Å². The third kappa shape index (κ3) is 4.49. The van der Waals surface area contributed by atoms with Gasteiger partial charge in [-0.05, 0) is 55.3 Å². The molecule has 9 heteroatoms. The van der Waals surface area contributed by atoms with Crippen LogP contribution in [0.15, 0.2) is 47.4 Å². The summed E-state index contributed by atoms with van der Waals surface area (Å²) < 4.78 is 65.2. The molecule has 2 heterocycles. The average molecular weight is 467 g/mol. The second kappa shape index (κ2) is 8.18. The van der Waals surface area contributed by atoms with Crippen LogP contribution in [-0.4, -0.2) is 70.7 Å². The first-order valence-electron chi connectivity index (χ1n) is 10.3. The molecule has 2 fully saturated rings. The quantitative estimate of drug-likeness (QED) is 0.644. The Labute approximate surface area is 183 Å². The van der Waals surface area contributed by atoms with Gasteiger partial charge in [0, 0.05) is 37.9 Å². The van der Waals surface area contributed by atoms with E-state index in [9.17, 15) is 21.2 Å². The molecule has 2 aromatic rings. The lowest BCUT2D eigenvalue weighted by molar-refractivity contribution is 0.201. The summed E-state index contributed by atoms with van der Waals surface area (Å²) in [6, 6.07) is 11.3. The monoisotopic (exact) mass is 466 g/mol. The van der Waals surface area contributed by atoms with E-state index in [4.69, 9.17) is 0 Å². The smallest absolute Gasteiger partial charge is 0.183 e. The van der Waals surface area contributed by atoms with Gasteiger partial charge in [-0.1, -0.05) is 12.1 Å². The maximum Gasteiger partial charge on any atom is 0.183 e. The number of aryl methyl sites for hydroxylation is 2. The van der Waals surface area contributed by atoms with Gasteiger partial charge in [0.1, 0.15) is 5.82 Å². The Morgan fingerprint density at radius 1 is 0.968 bits per heavy atom. The lowest BCUT2D eigenvalue weighted by Gasteiger charge is -2.40. The van der Waals surface area contributed by atoms with Crippen molar-refractivity contribution in [2.24, 2.45) is 0 Å². The van der Waals surface area contributed by atoms with Crippen molar-refractivity contribution < 1.29 is 21.2 Å². The first-order valence-corrected chi connectivity index (χ1v) is 13.7. The van der Waals surface area contributed by atoms with E-state index in [0.29, 0.717) is 26.2 Å². The van der Waals surface area contributed by atoms with Gasteiger partial charge in [0.05, 0.1) is 21.7 Å². The summed E-state index contributed by atoms with van der Waals surface area (Å²) in [6.07, 6.45) is 0. The summed E-state index contributed by atoms with van der Waals surface area (Å²) >= 11 is 0. The first kappa shape index (κ1) is 22.2. The number of halogens is 1. The highest BCUT2D eigenvalue weighted by molar-refractivity contribution is 7.96. The molecule has 2 atom stereocenters. The Balaban J connectivity index is 1.56. The van der Waals surface area contributed by atoms with Crippen molar-refractivity contribution in [2.75, 3.05) is 42.6 Å². The van der Waals surface area contributed by atoms with Crippen molar-refractivity contribution in [3.63, 3.8) is 0 Å². The van der Waals surface area contributed by atoms with Gasteiger partial charge in [-0.15, -0.1) is 0 Å². The van der Waals surface area contributed by atoms with E-state index < -0.39 is 42.5 Å². The molecule has 0 bridgehead atoms. The first-order chi connectivity index (χ1) is 14.6. The van der Waals surface area contributed by atoms with Crippen molar-refractivity contribution in [2.45, 2.75) is 30.0 Å². The van der Waals surface area contributed by atoms with Crippen LogP contribution in [0, 0.1) is 19.7 Å². The molecule has 0 unspecified atom stereocenters. The number of piperazine rings is 1. The Bertz CT molecular complexity index is 1190. The van der Waals surface area contributed by atoms with E-state index >= 15 is 0 Å². The fourth-order valence-electron chi connectivity index (χ4n) is 4.54. The van der Waals surface area contributed by atoms with Crippen molar-refractivity contribution in [3.8, 4) is 0 Å². The van der Waals surface area contributed by atoms with Crippen LogP contribution >= 0.6 is 0 Å². The summed E-state index contributed by atoms with van der Waals surface area (Å²) in [5.41, 5.74) is 2.51. The fraction of sp³-hybridized carbons (Fsp3) is 0.455. The summed E-state index contributed by atoms with van der Waals surface area (Å²) in [4.78, 5) is 4.21. The molecule has 2 aliphatic heterocycles. The molecule has 4 rings (SSSR count). The molecule has 0 N–H and O–H groups in total. The van der Waals surface area contributed by atoms with E-state index in [0.717, 1.165) is 11.8 Å². The van der Waals surface area contributed by atoms with Crippen LogP contribution in [-0.2, 0) is 19.7 Å². The predicted molar refractivity (Wildman–Crippen MR) is 120 cm³/mol. The molecule has 168 valence electrons. The molecule has 0 spiro atoms. The zero-order valence-electron chi connectivity index (χ0n) is 17.7. The lowest BCUT2D eigenvalue weighted by Crippen LogP contribution is -2.55. The minimum absolute atomic E-state index is 0.0168. The van der Waals surface area contributed by atoms with Crippen LogP contribution in [0.25, 0.3) is 0 Å². The molecular weight excluding hydrogens is 439 g/mol. The maximum absolute atomic E-state index is 13.7. The summed E-state index contributed by atoms with van der Waals surface area (Å²) in [5, 5.41) is -1.05. The summed E-state index contributed by atoms with van der Waals surface area (Å²) in [7, 11) is -7.40. The number of hydrogen-bond donors (Lipinski definition) is 0. The highest BCUT2D eigenvalue weighted by atomic mass is 32.2. The summed E-state index contributed by atoms with van der Waals surface area (Å²) in [5.74, 6) is -1.04. The Morgan fingerprint density at radius 3 is 2.32 bits per heavy atom. The van der Waals surface area contributed by atoms with Gasteiger partial charge in [0.2, 0.25) is 0 Å². The largest absolute Gasteiger partial charge is 0.369 e. The van der Waals surface area contributed by atoms with Crippen LogP contribution in [0.5, 0.6) is 0 Å². The van der Waals surface area contributed by atoms with Gasteiger partial charge in [-0.3, -0.25) is 4.90 Å². The number of anilines is 1. The molecule has 2 aliphatic rings. The number of benzene rings is 2. The van der Waals surface area contributed by atoms with Crippen LogP contribution < -0.4 is 4.90 Å². The topological polar surface area (TPSA) is 74.8 Å². The van der Waals surface area contributed by atoms with Crippen molar-refractivity contribution >= 4 is 25.4 Å². The Hall–Kier alpha value is -1.97. The zero-order valence-corrected chi connectivity index (χ0v) is 19.3. The van der Waals surface area contributed by atoms with E-state index in [1.165, 1.54) is 24.6 Å². The molecule has 31 heavy (non-hydrogen) atoms. The van der Waals surface area contributed by atoms with Gasteiger partial charge in [-0.2, -0.15) is 0 Å². The normalized spacial score (nSPS) is 24.4. The molecule has 0 saturated carbocycles. The number of rotatable bonds is 4. The van der Waals surface area contributed by atoms with Gasteiger partial charge >= 0.3 is 0 Å². The minimum atomic E-state index is -3.92. The minimum Gasteiger partial charge on any atom is -0.369 e. The van der Waals surface area contributed by atoms with Crippen LogP contribution in [0.2, 0.25) is 0 Å². The van der Waals surface area contributed by atoms with Gasteiger partial charge in [0.25, 0.3) is 0 Å². The predicted octanol–water partition coefficient (Wildman–Crippen LogP) is 2.20.